The van der Waals surface area contributed by atoms with Crippen molar-refractivity contribution >= 4 is 11.8 Å². The van der Waals surface area contributed by atoms with E-state index in [1.54, 1.807) is 0 Å². The Balaban J connectivity index is 1.86. The van der Waals surface area contributed by atoms with Gasteiger partial charge >= 0.3 is 0 Å². The summed E-state index contributed by atoms with van der Waals surface area (Å²) in [5.74, 6) is 0.205. The summed E-state index contributed by atoms with van der Waals surface area (Å²) in [6, 6.07) is 0.404. The number of nitrogens with one attached hydrogen (secondary N) is 1. The first-order valence-electron chi connectivity index (χ1n) is 7.77. The van der Waals surface area contributed by atoms with Gasteiger partial charge in [0.1, 0.15) is 0 Å². The van der Waals surface area contributed by atoms with Crippen LogP contribution >= 0.6 is 0 Å². The summed E-state index contributed by atoms with van der Waals surface area (Å²) < 4.78 is 0. The molecule has 2 aliphatic rings. The van der Waals surface area contributed by atoms with Crippen molar-refractivity contribution in [2.75, 3.05) is 13.1 Å². The second kappa shape index (κ2) is 6.40. The van der Waals surface area contributed by atoms with Gasteiger partial charge in [-0.05, 0) is 38.5 Å². The second-order valence-electron chi connectivity index (χ2n) is 5.83. The molecule has 3 atom stereocenters. The summed E-state index contributed by atoms with van der Waals surface area (Å²) in [7, 11) is 0. The predicted octanol–water partition coefficient (Wildman–Crippen LogP) is 1.94. The number of amides is 2. The molecule has 0 radical (unpaired) electrons. The summed E-state index contributed by atoms with van der Waals surface area (Å²) in [6.45, 7) is 5.79. The zero-order valence-electron chi connectivity index (χ0n) is 12.2. The number of likely N-dealkylation sites (tertiary alicyclic amines) is 1. The van der Waals surface area contributed by atoms with Gasteiger partial charge in [-0.25, -0.2) is 0 Å². The Morgan fingerprint density at radius 2 is 2.00 bits per heavy atom. The summed E-state index contributed by atoms with van der Waals surface area (Å²) >= 11 is 0. The quantitative estimate of drug-likeness (QED) is 0.826. The fraction of sp³-hybridized carbons (Fsp3) is 0.867. The molecule has 1 aliphatic heterocycles. The molecule has 2 rings (SSSR count). The molecule has 4 heteroatoms. The average Bonchev–Trinajstić information content (AvgIpc) is 3.24. The van der Waals surface area contributed by atoms with Gasteiger partial charge < -0.3 is 10.2 Å². The standard InChI is InChI=1S/C15H26N2O2/c1-3-8-16-14(18)12-10-13(12)15(19)17-9-6-5-7-11(17)4-2/h11-13H,3-10H2,1-2H3,(H,16,18). The molecule has 0 aromatic rings. The van der Waals surface area contributed by atoms with E-state index in [0.717, 1.165) is 45.2 Å². The van der Waals surface area contributed by atoms with Crippen molar-refractivity contribution in [3.05, 3.63) is 0 Å². The molecule has 0 spiro atoms. The van der Waals surface area contributed by atoms with Gasteiger partial charge in [0, 0.05) is 19.1 Å². The summed E-state index contributed by atoms with van der Waals surface area (Å²) in [5.41, 5.74) is 0. The highest BCUT2D eigenvalue weighted by Crippen LogP contribution is 2.41. The first-order chi connectivity index (χ1) is 9.19. The maximum absolute atomic E-state index is 12.5. The van der Waals surface area contributed by atoms with Crippen LogP contribution in [0.15, 0.2) is 0 Å². The molecule has 2 fully saturated rings. The Bertz CT molecular complexity index is 343. The van der Waals surface area contributed by atoms with E-state index in [1.807, 2.05) is 11.8 Å². The third-order valence-electron chi connectivity index (χ3n) is 4.38. The topological polar surface area (TPSA) is 49.4 Å². The van der Waals surface area contributed by atoms with Crippen LogP contribution in [-0.4, -0.2) is 35.8 Å². The molecular formula is C15H26N2O2. The minimum absolute atomic E-state index is 0.0380. The van der Waals surface area contributed by atoms with Crippen LogP contribution in [0.5, 0.6) is 0 Å². The molecule has 108 valence electrons. The third kappa shape index (κ3) is 3.28. The Morgan fingerprint density at radius 1 is 1.21 bits per heavy atom. The molecule has 0 bridgehead atoms. The highest BCUT2D eigenvalue weighted by Gasteiger charge is 2.50. The lowest BCUT2D eigenvalue weighted by molar-refractivity contribution is -0.138. The molecule has 1 N–H and O–H groups in total. The molecule has 3 unspecified atom stereocenters. The number of rotatable bonds is 5. The third-order valence-corrected chi connectivity index (χ3v) is 4.38. The van der Waals surface area contributed by atoms with E-state index in [2.05, 4.69) is 12.2 Å². The summed E-state index contributed by atoms with van der Waals surface area (Å²) in [4.78, 5) is 26.3. The van der Waals surface area contributed by atoms with Crippen molar-refractivity contribution in [1.82, 2.24) is 10.2 Å². The van der Waals surface area contributed by atoms with Crippen LogP contribution in [0.2, 0.25) is 0 Å². The summed E-state index contributed by atoms with van der Waals surface area (Å²) in [6.07, 6.45) is 6.20. The van der Waals surface area contributed by atoms with Gasteiger partial charge in [0.05, 0.1) is 11.8 Å². The smallest absolute Gasteiger partial charge is 0.226 e. The Morgan fingerprint density at radius 3 is 2.68 bits per heavy atom. The number of hydrogen-bond donors (Lipinski definition) is 1. The molecule has 19 heavy (non-hydrogen) atoms. The van der Waals surface area contributed by atoms with E-state index >= 15 is 0 Å². The van der Waals surface area contributed by atoms with Gasteiger partial charge in [0.25, 0.3) is 0 Å². The lowest BCUT2D eigenvalue weighted by Gasteiger charge is -2.35. The molecule has 4 nitrogen and oxygen atoms in total. The molecule has 2 amide bonds. The fourth-order valence-corrected chi connectivity index (χ4v) is 3.07. The molecule has 1 saturated carbocycles. The first kappa shape index (κ1) is 14.4. The Kier molecular flexibility index (Phi) is 4.83. The van der Waals surface area contributed by atoms with Gasteiger partial charge in [-0.15, -0.1) is 0 Å². The molecule has 1 heterocycles. The minimum Gasteiger partial charge on any atom is -0.356 e. The van der Waals surface area contributed by atoms with E-state index in [1.165, 1.54) is 6.42 Å². The van der Waals surface area contributed by atoms with Crippen LogP contribution in [0.25, 0.3) is 0 Å². The van der Waals surface area contributed by atoms with Gasteiger partial charge in [-0.2, -0.15) is 0 Å². The van der Waals surface area contributed by atoms with Crippen molar-refractivity contribution in [1.29, 1.82) is 0 Å². The van der Waals surface area contributed by atoms with Gasteiger partial charge in [0.15, 0.2) is 0 Å². The molecular weight excluding hydrogens is 240 g/mol. The first-order valence-corrected chi connectivity index (χ1v) is 7.77. The lowest BCUT2D eigenvalue weighted by Crippen LogP contribution is -2.44. The van der Waals surface area contributed by atoms with E-state index in [9.17, 15) is 9.59 Å². The number of nitrogens with zero attached hydrogens (tertiary/aromatic N) is 1. The molecule has 1 saturated heterocycles. The predicted molar refractivity (Wildman–Crippen MR) is 74.5 cm³/mol. The molecule has 0 aromatic heterocycles. The molecule has 1 aliphatic carbocycles. The number of hydrogen-bond acceptors (Lipinski definition) is 2. The zero-order chi connectivity index (χ0) is 13.8. The largest absolute Gasteiger partial charge is 0.356 e. The van der Waals surface area contributed by atoms with Crippen molar-refractivity contribution in [3.8, 4) is 0 Å². The van der Waals surface area contributed by atoms with Crippen molar-refractivity contribution in [2.45, 2.75) is 58.4 Å². The van der Waals surface area contributed by atoms with Crippen LogP contribution in [-0.2, 0) is 9.59 Å². The Hall–Kier alpha value is -1.06. The van der Waals surface area contributed by atoms with Crippen LogP contribution in [0, 0.1) is 11.8 Å². The van der Waals surface area contributed by atoms with Crippen LogP contribution in [0.4, 0.5) is 0 Å². The van der Waals surface area contributed by atoms with E-state index in [-0.39, 0.29) is 23.7 Å². The average molecular weight is 266 g/mol. The number of carbonyl (C=O) groups excluding carboxylic acids is 2. The van der Waals surface area contributed by atoms with Crippen LogP contribution in [0.1, 0.15) is 52.4 Å². The maximum Gasteiger partial charge on any atom is 0.226 e. The monoisotopic (exact) mass is 266 g/mol. The maximum atomic E-state index is 12.5. The highest BCUT2D eigenvalue weighted by molar-refractivity contribution is 5.92. The van der Waals surface area contributed by atoms with E-state index < -0.39 is 0 Å². The van der Waals surface area contributed by atoms with Crippen molar-refractivity contribution in [2.24, 2.45) is 11.8 Å². The minimum atomic E-state index is -0.0570. The van der Waals surface area contributed by atoms with Crippen molar-refractivity contribution in [3.63, 3.8) is 0 Å². The highest BCUT2D eigenvalue weighted by atomic mass is 16.2. The van der Waals surface area contributed by atoms with E-state index in [0.29, 0.717) is 6.04 Å². The van der Waals surface area contributed by atoms with Gasteiger partial charge in [-0.1, -0.05) is 13.8 Å². The van der Waals surface area contributed by atoms with Gasteiger partial charge in [-0.3, -0.25) is 9.59 Å². The second-order valence-corrected chi connectivity index (χ2v) is 5.83. The number of carbonyl (C=O) groups is 2. The van der Waals surface area contributed by atoms with Crippen LogP contribution in [0.3, 0.4) is 0 Å². The zero-order valence-corrected chi connectivity index (χ0v) is 12.2. The number of piperidine rings is 1. The summed E-state index contributed by atoms with van der Waals surface area (Å²) in [5, 5.41) is 2.90. The van der Waals surface area contributed by atoms with E-state index in [4.69, 9.17) is 0 Å². The fourth-order valence-electron chi connectivity index (χ4n) is 3.07. The van der Waals surface area contributed by atoms with Gasteiger partial charge in [0.2, 0.25) is 11.8 Å². The normalized spacial score (nSPS) is 30.0. The van der Waals surface area contributed by atoms with Crippen LogP contribution < -0.4 is 5.32 Å². The molecule has 0 aromatic carbocycles. The SMILES string of the molecule is CCCNC(=O)C1CC1C(=O)N1CCCCC1CC. The lowest BCUT2D eigenvalue weighted by atomic mass is 9.99. The van der Waals surface area contributed by atoms with Crippen molar-refractivity contribution < 1.29 is 9.59 Å². The Labute approximate surface area is 115 Å².